The van der Waals surface area contributed by atoms with Crippen LogP contribution in [-0.4, -0.2) is 11.4 Å². The molecule has 1 atom stereocenters. The van der Waals surface area contributed by atoms with Gasteiger partial charge in [-0.15, -0.1) is 0 Å². The maximum absolute atomic E-state index is 10.8. The smallest absolute Gasteiger partial charge is 0.127 e. The molecule has 1 aromatic rings. The Balaban J connectivity index is 2.21. The molecule has 0 aromatic heterocycles. The average Bonchev–Trinajstić information content (AvgIpc) is 2.93. The van der Waals surface area contributed by atoms with Gasteiger partial charge in [-0.2, -0.15) is 0 Å². The molecular formula is C11H12O2. The highest BCUT2D eigenvalue weighted by molar-refractivity contribution is 5.63. The lowest BCUT2D eigenvalue weighted by Crippen LogP contribution is -2.01. The van der Waals surface area contributed by atoms with Crippen LogP contribution in [0.3, 0.4) is 0 Å². The number of rotatable bonds is 3. The van der Waals surface area contributed by atoms with E-state index in [0.717, 1.165) is 24.7 Å². The molecule has 0 spiro atoms. The van der Waals surface area contributed by atoms with Crippen molar-refractivity contribution in [3.05, 3.63) is 29.8 Å². The molecular weight excluding hydrogens is 164 g/mol. The number of benzene rings is 1. The molecule has 1 saturated carbocycles. The van der Waals surface area contributed by atoms with Gasteiger partial charge in [-0.05, 0) is 36.5 Å². The van der Waals surface area contributed by atoms with E-state index in [9.17, 15) is 4.79 Å². The highest BCUT2D eigenvalue weighted by Crippen LogP contribution is 2.41. The minimum atomic E-state index is 0.0422. The van der Waals surface area contributed by atoms with Crippen molar-refractivity contribution in [1.29, 1.82) is 0 Å². The van der Waals surface area contributed by atoms with Gasteiger partial charge in [-0.1, -0.05) is 12.1 Å². The molecule has 1 unspecified atom stereocenters. The van der Waals surface area contributed by atoms with Crippen molar-refractivity contribution in [3.63, 3.8) is 0 Å². The number of carbonyl (C=O) groups excluding carboxylic acids is 1. The first-order valence-corrected chi connectivity index (χ1v) is 4.55. The van der Waals surface area contributed by atoms with Crippen molar-refractivity contribution in [2.75, 3.05) is 0 Å². The van der Waals surface area contributed by atoms with E-state index in [2.05, 4.69) is 0 Å². The molecule has 2 rings (SSSR count). The quantitative estimate of drug-likeness (QED) is 0.716. The fraction of sp³-hybridized carbons (Fsp3) is 0.364. The van der Waals surface area contributed by atoms with E-state index in [1.54, 1.807) is 12.1 Å². The number of carbonyl (C=O) groups is 1. The van der Waals surface area contributed by atoms with Crippen LogP contribution in [0.25, 0.3) is 0 Å². The maximum atomic E-state index is 10.8. The van der Waals surface area contributed by atoms with Crippen molar-refractivity contribution >= 4 is 6.29 Å². The highest BCUT2D eigenvalue weighted by atomic mass is 16.3. The third kappa shape index (κ3) is 1.72. The van der Waals surface area contributed by atoms with Crippen molar-refractivity contribution < 1.29 is 9.90 Å². The lowest BCUT2D eigenvalue weighted by atomic mass is 9.96. The Morgan fingerprint density at radius 2 is 1.92 bits per heavy atom. The predicted octanol–water partition coefficient (Wildman–Crippen LogP) is 2.08. The molecule has 1 aromatic carbocycles. The van der Waals surface area contributed by atoms with E-state index in [1.807, 2.05) is 12.1 Å². The molecule has 0 heterocycles. The van der Waals surface area contributed by atoms with Gasteiger partial charge in [-0.3, -0.25) is 0 Å². The Bertz CT molecular complexity index is 298. The molecule has 1 aliphatic rings. The molecule has 2 nitrogen and oxygen atoms in total. The summed E-state index contributed by atoms with van der Waals surface area (Å²) in [5.41, 5.74) is 1.02. The summed E-state index contributed by atoms with van der Waals surface area (Å²) in [6.07, 6.45) is 3.33. The summed E-state index contributed by atoms with van der Waals surface area (Å²) in [6, 6.07) is 6.92. The van der Waals surface area contributed by atoms with E-state index in [0.29, 0.717) is 5.92 Å². The van der Waals surface area contributed by atoms with Gasteiger partial charge >= 0.3 is 0 Å². The van der Waals surface area contributed by atoms with Crippen molar-refractivity contribution in [2.24, 2.45) is 5.92 Å². The second-order valence-electron chi connectivity index (χ2n) is 3.59. The first-order chi connectivity index (χ1) is 6.31. The first kappa shape index (κ1) is 8.30. The van der Waals surface area contributed by atoms with Gasteiger partial charge in [0.15, 0.2) is 0 Å². The van der Waals surface area contributed by atoms with E-state index >= 15 is 0 Å². The lowest BCUT2D eigenvalue weighted by molar-refractivity contribution is -0.109. The molecule has 13 heavy (non-hydrogen) atoms. The summed E-state index contributed by atoms with van der Waals surface area (Å²) in [5, 5.41) is 9.08. The molecule has 0 bridgehead atoms. The van der Waals surface area contributed by atoms with Gasteiger partial charge in [0, 0.05) is 5.92 Å². The number of hydrogen-bond acceptors (Lipinski definition) is 2. The zero-order valence-corrected chi connectivity index (χ0v) is 7.31. The predicted molar refractivity (Wildman–Crippen MR) is 49.6 cm³/mol. The topological polar surface area (TPSA) is 37.3 Å². The van der Waals surface area contributed by atoms with Crippen LogP contribution in [0, 0.1) is 5.92 Å². The van der Waals surface area contributed by atoms with Gasteiger partial charge in [-0.25, -0.2) is 0 Å². The highest BCUT2D eigenvalue weighted by Gasteiger charge is 2.31. The summed E-state index contributed by atoms with van der Waals surface area (Å²) < 4.78 is 0. The summed E-state index contributed by atoms with van der Waals surface area (Å²) in [4.78, 5) is 10.8. The van der Waals surface area contributed by atoms with Crippen LogP contribution in [0.1, 0.15) is 24.3 Å². The second-order valence-corrected chi connectivity index (χ2v) is 3.59. The SMILES string of the molecule is O=CC(c1ccc(O)cc1)C1CC1. The van der Waals surface area contributed by atoms with E-state index < -0.39 is 0 Å². The average molecular weight is 176 g/mol. The Hall–Kier alpha value is -1.31. The van der Waals surface area contributed by atoms with Crippen LogP contribution in [0.15, 0.2) is 24.3 Å². The van der Waals surface area contributed by atoms with Crippen molar-refractivity contribution in [2.45, 2.75) is 18.8 Å². The van der Waals surface area contributed by atoms with E-state index in [1.165, 1.54) is 0 Å². The van der Waals surface area contributed by atoms with Crippen LogP contribution in [-0.2, 0) is 4.79 Å². The van der Waals surface area contributed by atoms with E-state index in [4.69, 9.17) is 5.11 Å². The summed E-state index contributed by atoms with van der Waals surface area (Å²) >= 11 is 0. The standard InChI is InChI=1S/C11H12O2/c12-7-11(8-1-2-8)9-3-5-10(13)6-4-9/h3-8,11,13H,1-2H2. The molecule has 2 heteroatoms. The van der Waals surface area contributed by atoms with Gasteiger partial charge < -0.3 is 9.90 Å². The first-order valence-electron chi connectivity index (χ1n) is 4.55. The van der Waals surface area contributed by atoms with Gasteiger partial charge in [0.25, 0.3) is 0 Å². The molecule has 0 saturated heterocycles. The van der Waals surface area contributed by atoms with Gasteiger partial charge in [0.2, 0.25) is 0 Å². The zero-order valence-electron chi connectivity index (χ0n) is 7.31. The Labute approximate surface area is 77.2 Å². The number of phenolic OH excluding ortho intramolecular Hbond substituents is 1. The summed E-state index contributed by atoms with van der Waals surface area (Å²) in [7, 11) is 0. The molecule has 1 N–H and O–H groups in total. The lowest BCUT2D eigenvalue weighted by Gasteiger charge is -2.08. The summed E-state index contributed by atoms with van der Waals surface area (Å²) in [6.45, 7) is 0. The van der Waals surface area contributed by atoms with Gasteiger partial charge in [0.05, 0.1) is 0 Å². The third-order valence-electron chi connectivity index (χ3n) is 2.55. The maximum Gasteiger partial charge on any atom is 0.127 e. The fourth-order valence-corrected chi connectivity index (χ4v) is 1.61. The van der Waals surface area contributed by atoms with E-state index in [-0.39, 0.29) is 11.7 Å². The molecule has 0 amide bonds. The monoisotopic (exact) mass is 176 g/mol. The third-order valence-corrected chi connectivity index (χ3v) is 2.55. The minimum Gasteiger partial charge on any atom is -0.508 e. The van der Waals surface area contributed by atoms with Crippen LogP contribution in [0.5, 0.6) is 5.75 Å². The number of aldehydes is 1. The number of hydrogen-bond donors (Lipinski definition) is 1. The van der Waals surface area contributed by atoms with Crippen molar-refractivity contribution in [3.8, 4) is 5.75 Å². The fourth-order valence-electron chi connectivity index (χ4n) is 1.61. The van der Waals surface area contributed by atoms with Crippen LogP contribution in [0.4, 0.5) is 0 Å². The summed E-state index contributed by atoms with van der Waals surface area (Å²) in [5.74, 6) is 0.840. The second kappa shape index (κ2) is 3.21. The molecule has 0 aliphatic heterocycles. The van der Waals surface area contributed by atoms with Crippen LogP contribution in [0.2, 0.25) is 0 Å². The molecule has 0 radical (unpaired) electrons. The largest absolute Gasteiger partial charge is 0.508 e. The Morgan fingerprint density at radius 3 is 2.38 bits per heavy atom. The Kier molecular flexibility index (Phi) is 2.05. The Morgan fingerprint density at radius 1 is 1.31 bits per heavy atom. The molecule has 1 aliphatic carbocycles. The normalized spacial score (nSPS) is 18.2. The van der Waals surface area contributed by atoms with Crippen molar-refractivity contribution in [1.82, 2.24) is 0 Å². The number of aromatic hydroxyl groups is 1. The van der Waals surface area contributed by atoms with Crippen LogP contribution >= 0.6 is 0 Å². The minimum absolute atomic E-state index is 0.0422. The molecule has 68 valence electrons. The molecule has 1 fully saturated rings. The zero-order chi connectivity index (χ0) is 9.26. The number of phenols is 1. The van der Waals surface area contributed by atoms with Crippen LogP contribution < -0.4 is 0 Å². The van der Waals surface area contributed by atoms with Gasteiger partial charge in [0.1, 0.15) is 12.0 Å².